The van der Waals surface area contributed by atoms with Gasteiger partial charge in [-0.25, -0.2) is 9.97 Å². The fraction of sp³-hybridized carbons (Fsp3) is 0.353. The Kier molecular flexibility index (Phi) is 5.37. The van der Waals surface area contributed by atoms with E-state index < -0.39 is 0 Å². The van der Waals surface area contributed by atoms with E-state index >= 15 is 0 Å². The molecule has 1 aliphatic heterocycles. The third-order valence-electron chi connectivity index (χ3n) is 4.36. The molecule has 1 amide bonds. The molecule has 1 saturated heterocycles. The minimum Gasteiger partial charge on any atom is -0.393 e. The second-order valence-electron chi connectivity index (χ2n) is 6.19. The predicted molar refractivity (Wildman–Crippen MR) is 102 cm³/mol. The van der Waals surface area contributed by atoms with E-state index in [0.29, 0.717) is 27.4 Å². The van der Waals surface area contributed by atoms with Crippen LogP contribution in [-0.2, 0) is 0 Å². The number of nitrogen functional groups attached to an aromatic ring is 1. The van der Waals surface area contributed by atoms with Crippen molar-refractivity contribution >= 4 is 39.2 Å². The second kappa shape index (κ2) is 7.69. The number of carbonyl (C=O) groups excluding carboxylic acids is 1. The van der Waals surface area contributed by atoms with Gasteiger partial charge in [0, 0.05) is 17.6 Å². The second-order valence-corrected chi connectivity index (χ2v) is 7.04. The summed E-state index contributed by atoms with van der Waals surface area (Å²) < 4.78 is 0.716. The van der Waals surface area contributed by atoms with Gasteiger partial charge in [-0.15, -0.1) is 0 Å². The minimum absolute atomic E-state index is 0.279. The van der Waals surface area contributed by atoms with E-state index in [9.17, 15) is 4.79 Å². The Balaban J connectivity index is 1.70. The van der Waals surface area contributed by atoms with Gasteiger partial charge in [-0.2, -0.15) is 0 Å². The number of nitrogens with two attached hydrogens (primary N) is 1. The maximum atomic E-state index is 12.3. The predicted octanol–water partition coefficient (Wildman–Crippen LogP) is 2.81. The normalized spacial score (nSPS) is 15.0. The number of carbonyl (C=O) groups is 1. The van der Waals surface area contributed by atoms with Crippen LogP contribution in [0.15, 0.2) is 35.1 Å². The number of nitrogens with zero attached hydrogens (tertiary/aromatic N) is 3. The summed E-state index contributed by atoms with van der Waals surface area (Å²) in [6.07, 6.45) is 3.69. The molecule has 8 heteroatoms. The summed E-state index contributed by atoms with van der Waals surface area (Å²) in [5.74, 6) is 1.54. The number of amides is 1. The number of hydrazine groups is 1. The molecule has 2 aromatic rings. The van der Waals surface area contributed by atoms with Gasteiger partial charge in [-0.05, 0) is 46.8 Å². The third-order valence-corrected chi connectivity index (χ3v) is 5.05. The Hall–Kier alpha value is -2.35. The van der Waals surface area contributed by atoms with Crippen LogP contribution in [0.1, 0.15) is 30.1 Å². The summed E-state index contributed by atoms with van der Waals surface area (Å²) >= 11 is 3.36. The van der Waals surface area contributed by atoms with E-state index in [1.807, 2.05) is 12.1 Å². The van der Waals surface area contributed by atoms with Gasteiger partial charge in [0.1, 0.15) is 12.0 Å². The van der Waals surface area contributed by atoms with Crippen LogP contribution >= 0.6 is 15.9 Å². The molecule has 1 fully saturated rings. The first-order valence-corrected chi connectivity index (χ1v) is 9.02. The lowest BCUT2D eigenvalue weighted by molar-refractivity contribution is 0.0962. The molecule has 0 unspecified atom stereocenters. The zero-order valence-corrected chi connectivity index (χ0v) is 15.6. The number of benzene rings is 1. The lowest BCUT2D eigenvalue weighted by atomic mass is 9.99. The first kappa shape index (κ1) is 17.5. The van der Waals surface area contributed by atoms with Gasteiger partial charge in [-0.1, -0.05) is 19.1 Å². The van der Waals surface area contributed by atoms with Crippen LogP contribution in [0.25, 0.3) is 0 Å². The Morgan fingerprint density at radius 2 is 2.00 bits per heavy atom. The first-order valence-electron chi connectivity index (χ1n) is 8.22. The van der Waals surface area contributed by atoms with E-state index in [0.717, 1.165) is 31.8 Å². The van der Waals surface area contributed by atoms with E-state index in [2.05, 4.69) is 48.6 Å². The Bertz CT molecular complexity index is 761. The highest BCUT2D eigenvalue weighted by Gasteiger charge is 2.20. The van der Waals surface area contributed by atoms with Crippen LogP contribution in [0.3, 0.4) is 0 Å². The van der Waals surface area contributed by atoms with Crippen molar-refractivity contribution in [3.05, 3.63) is 40.6 Å². The topological polar surface area (TPSA) is 96.2 Å². The van der Waals surface area contributed by atoms with Crippen molar-refractivity contribution in [3.63, 3.8) is 0 Å². The van der Waals surface area contributed by atoms with Crippen molar-refractivity contribution in [1.82, 2.24) is 15.4 Å². The molecule has 0 atom stereocenters. The molecule has 0 aliphatic carbocycles. The van der Waals surface area contributed by atoms with Crippen molar-refractivity contribution < 1.29 is 4.79 Å². The molecule has 1 aliphatic rings. The molecule has 132 valence electrons. The molecule has 7 nitrogen and oxygen atoms in total. The minimum atomic E-state index is -0.279. The zero-order chi connectivity index (χ0) is 17.8. The van der Waals surface area contributed by atoms with Crippen molar-refractivity contribution in [2.45, 2.75) is 19.8 Å². The SMILES string of the molecule is CC1CCN(c2ncnc(NNC(=O)c3ccccc3Br)c2N)CC1. The van der Waals surface area contributed by atoms with Gasteiger partial charge < -0.3 is 10.6 Å². The molecule has 2 heterocycles. The smallest absolute Gasteiger partial charge is 0.270 e. The molecular weight excluding hydrogens is 384 g/mol. The standard InChI is InChI=1S/C17H21BrN6O/c1-11-6-8-24(9-7-11)16-14(19)15(20-10-21-16)22-23-17(25)12-4-2-3-5-13(12)18/h2-5,10-11H,6-9,19H2,1H3,(H,23,25)(H,20,21,22). The fourth-order valence-electron chi connectivity index (χ4n) is 2.79. The lowest BCUT2D eigenvalue weighted by Gasteiger charge is -2.32. The average molecular weight is 405 g/mol. The van der Waals surface area contributed by atoms with Crippen molar-refractivity contribution in [1.29, 1.82) is 0 Å². The number of halogens is 1. The Labute approximate surface area is 155 Å². The molecule has 0 saturated carbocycles. The summed E-state index contributed by atoms with van der Waals surface area (Å²) in [5, 5.41) is 0. The molecule has 0 radical (unpaired) electrons. The zero-order valence-electron chi connectivity index (χ0n) is 14.0. The number of hydrogen-bond acceptors (Lipinski definition) is 6. The van der Waals surface area contributed by atoms with Crippen molar-refractivity contribution in [3.8, 4) is 0 Å². The quantitative estimate of drug-likeness (QED) is 0.677. The average Bonchev–Trinajstić information content (AvgIpc) is 2.62. The van der Waals surface area contributed by atoms with E-state index in [-0.39, 0.29) is 5.91 Å². The van der Waals surface area contributed by atoms with Crippen molar-refractivity contribution in [2.75, 3.05) is 29.1 Å². The molecule has 1 aromatic carbocycles. The van der Waals surface area contributed by atoms with Crippen LogP contribution in [-0.4, -0.2) is 29.0 Å². The Morgan fingerprint density at radius 3 is 2.72 bits per heavy atom. The van der Waals surface area contributed by atoms with Gasteiger partial charge in [0.05, 0.1) is 5.56 Å². The van der Waals surface area contributed by atoms with Gasteiger partial charge in [-0.3, -0.25) is 15.6 Å². The maximum absolute atomic E-state index is 12.3. The van der Waals surface area contributed by atoms with E-state index in [1.54, 1.807) is 12.1 Å². The molecule has 0 spiro atoms. The Morgan fingerprint density at radius 1 is 1.28 bits per heavy atom. The molecule has 1 aromatic heterocycles. The summed E-state index contributed by atoms with van der Waals surface area (Å²) in [5.41, 5.74) is 12.6. The first-order chi connectivity index (χ1) is 12.1. The third kappa shape index (κ3) is 4.01. The summed E-state index contributed by atoms with van der Waals surface area (Å²) in [6, 6.07) is 7.19. The number of rotatable bonds is 4. The summed E-state index contributed by atoms with van der Waals surface area (Å²) in [7, 11) is 0. The van der Waals surface area contributed by atoms with Gasteiger partial charge in [0.2, 0.25) is 0 Å². The number of aromatic nitrogens is 2. The highest BCUT2D eigenvalue weighted by molar-refractivity contribution is 9.10. The van der Waals surface area contributed by atoms with Crippen molar-refractivity contribution in [2.24, 2.45) is 5.92 Å². The lowest BCUT2D eigenvalue weighted by Crippen LogP contribution is -2.35. The van der Waals surface area contributed by atoms with Gasteiger partial charge in [0.15, 0.2) is 11.6 Å². The monoisotopic (exact) mass is 404 g/mol. The highest BCUT2D eigenvalue weighted by atomic mass is 79.9. The van der Waals surface area contributed by atoms with Crippen LogP contribution < -0.4 is 21.5 Å². The molecule has 0 bridgehead atoms. The van der Waals surface area contributed by atoms with E-state index in [1.165, 1.54) is 6.33 Å². The summed E-state index contributed by atoms with van der Waals surface area (Å²) in [4.78, 5) is 22.9. The van der Waals surface area contributed by atoms with Gasteiger partial charge in [0.25, 0.3) is 5.91 Å². The number of piperidine rings is 1. The largest absolute Gasteiger partial charge is 0.393 e. The van der Waals surface area contributed by atoms with Crippen LogP contribution in [0.2, 0.25) is 0 Å². The molecule has 3 rings (SSSR count). The number of nitrogens with one attached hydrogen (secondary N) is 2. The van der Waals surface area contributed by atoms with Crippen LogP contribution in [0, 0.1) is 5.92 Å². The van der Waals surface area contributed by atoms with Crippen LogP contribution in [0.5, 0.6) is 0 Å². The maximum Gasteiger partial charge on any atom is 0.270 e. The molecule has 4 N–H and O–H groups in total. The summed E-state index contributed by atoms with van der Waals surface area (Å²) in [6.45, 7) is 4.10. The van der Waals surface area contributed by atoms with Gasteiger partial charge >= 0.3 is 0 Å². The number of hydrogen-bond donors (Lipinski definition) is 3. The fourth-order valence-corrected chi connectivity index (χ4v) is 3.25. The molecular formula is C17H21BrN6O. The van der Waals surface area contributed by atoms with Crippen LogP contribution in [0.4, 0.5) is 17.3 Å². The highest BCUT2D eigenvalue weighted by Crippen LogP contribution is 2.29. The molecule has 25 heavy (non-hydrogen) atoms. The van der Waals surface area contributed by atoms with E-state index in [4.69, 9.17) is 5.73 Å². The number of anilines is 3.